The van der Waals surface area contributed by atoms with Gasteiger partial charge in [0.1, 0.15) is 0 Å². The first-order valence-electron chi connectivity index (χ1n) is 9.67. The van der Waals surface area contributed by atoms with Crippen LogP contribution in [0.3, 0.4) is 0 Å². The summed E-state index contributed by atoms with van der Waals surface area (Å²) in [5.41, 5.74) is 3.47. The fraction of sp³-hybridized carbons (Fsp3) is 0.409. The number of aromatic nitrogens is 1. The monoisotopic (exact) mass is 365 g/mol. The minimum Gasteiger partial charge on any atom is -0.342 e. The maximum absolute atomic E-state index is 12.5. The first-order chi connectivity index (χ1) is 13.2. The molecule has 1 heterocycles. The van der Waals surface area contributed by atoms with Crippen LogP contribution in [-0.4, -0.2) is 42.2 Å². The molecule has 1 N–H and O–H groups in total. The second-order valence-corrected chi connectivity index (χ2v) is 7.09. The average molecular weight is 365 g/mol. The van der Waals surface area contributed by atoms with Crippen molar-refractivity contribution < 1.29 is 9.59 Å². The lowest BCUT2D eigenvalue weighted by Crippen LogP contribution is -2.30. The van der Waals surface area contributed by atoms with Gasteiger partial charge in [-0.2, -0.15) is 0 Å². The van der Waals surface area contributed by atoms with E-state index in [9.17, 15) is 9.59 Å². The van der Waals surface area contributed by atoms with Gasteiger partial charge in [0.05, 0.1) is 11.3 Å². The third-order valence-electron chi connectivity index (χ3n) is 5.17. The molecule has 0 aliphatic heterocycles. The van der Waals surface area contributed by atoms with Gasteiger partial charge in [-0.3, -0.25) is 14.6 Å². The van der Waals surface area contributed by atoms with Gasteiger partial charge >= 0.3 is 0 Å². The highest BCUT2D eigenvalue weighted by Crippen LogP contribution is 2.27. The lowest BCUT2D eigenvalue weighted by Gasteiger charge is -2.25. The second kappa shape index (κ2) is 9.42. The zero-order chi connectivity index (χ0) is 19.1. The summed E-state index contributed by atoms with van der Waals surface area (Å²) in [6, 6.07) is 11.5. The van der Waals surface area contributed by atoms with E-state index in [1.807, 2.05) is 12.3 Å². The topological polar surface area (TPSA) is 62.3 Å². The Kier molecular flexibility index (Phi) is 6.71. The van der Waals surface area contributed by atoms with Crippen LogP contribution in [-0.2, 0) is 6.42 Å². The van der Waals surface area contributed by atoms with E-state index in [1.54, 1.807) is 36.2 Å². The summed E-state index contributed by atoms with van der Waals surface area (Å²) >= 11 is 0. The Balaban J connectivity index is 1.43. The van der Waals surface area contributed by atoms with E-state index in [0.29, 0.717) is 23.7 Å². The van der Waals surface area contributed by atoms with Gasteiger partial charge in [-0.15, -0.1) is 0 Å². The summed E-state index contributed by atoms with van der Waals surface area (Å²) in [5, 5.41) is 3.62. The van der Waals surface area contributed by atoms with E-state index in [-0.39, 0.29) is 5.91 Å². The van der Waals surface area contributed by atoms with Gasteiger partial charge in [0.25, 0.3) is 5.91 Å². The van der Waals surface area contributed by atoms with Gasteiger partial charge in [0.2, 0.25) is 0 Å². The predicted molar refractivity (Wildman–Crippen MR) is 106 cm³/mol. The Hall–Kier alpha value is -2.53. The third-order valence-corrected chi connectivity index (χ3v) is 5.17. The molecular weight excluding hydrogens is 338 g/mol. The Morgan fingerprint density at radius 2 is 2.11 bits per heavy atom. The van der Waals surface area contributed by atoms with Crippen LogP contribution < -0.4 is 5.32 Å². The summed E-state index contributed by atoms with van der Waals surface area (Å²) in [4.78, 5) is 29.9. The number of nitrogens with one attached hydrogen (secondary N) is 1. The highest BCUT2D eigenvalue weighted by atomic mass is 16.2. The van der Waals surface area contributed by atoms with Crippen molar-refractivity contribution in [1.82, 2.24) is 15.2 Å². The van der Waals surface area contributed by atoms with E-state index in [2.05, 4.69) is 16.4 Å². The molecule has 27 heavy (non-hydrogen) atoms. The molecule has 1 atom stereocenters. The standard InChI is InChI=1S/C22H27N3O2/c1-25(22(27)19-11-3-2-8-18(19)16-26)15-5-4-13-23-20-12-6-9-17-10-7-14-24-21(17)20/h2-3,7-8,10-11,14,16,20,23H,4-6,9,12-13,15H2,1H3. The molecule has 142 valence electrons. The number of pyridine rings is 1. The number of carbonyl (C=O) groups is 2. The summed E-state index contributed by atoms with van der Waals surface area (Å²) < 4.78 is 0. The van der Waals surface area contributed by atoms with Crippen LogP contribution in [0.4, 0.5) is 0 Å². The van der Waals surface area contributed by atoms with Gasteiger partial charge in [-0.25, -0.2) is 0 Å². The van der Waals surface area contributed by atoms with Crippen LogP contribution in [0.2, 0.25) is 0 Å². The summed E-state index contributed by atoms with van der Waals surface area (Å²) in [5.74, 6) is -0.101. The molecule has 1 unspecified atom stereocenters. The minimum atomic E-state index is -0.101. The molecule has 0 bridgehead atoms. The largest absolute Gasteiger partial charge is 0.342 e. The second-order valence-electron chi connectivity index (χ2n) is 7.09. The van der Waals surface area contributed by atoms with Crippen molar-refractivity contribution in [2.45, 2.75) is 38.1 Å². The molecule has 0 fully saturated rings. The Morgan fingerprint density at radius 3 is 2.96 bits per heavy atom. The van der Waals surface area contributed by atoms with E-state index in [0.717, 1.165) is 38.5 Å². The Morgan fingerprint density at radius 1 is 1.26 bits per heavy atom. The number of benzene rings is 1. The molecule has 5 heteroatoms. The lowest BCUT2D eigenvalue weighted by molar-refractivity contribution is 0.0789. The van der Waals surface area contributed by atoms with E-state index < -0.39 is 0 Å². The van der Waals surface area contributed by atoms with Crippen molar-refractivity contribution >= 4 is 12.2 Å². The molecule has 0 radical (unpaired) electrons. The zero-order valence-corrected chi connectivity index (χ0v) is 15.9. The molecule has 2 aromatic rings. The fourth-order valence-corrected chi connectivity index (χ4v) is 3.66. The molecule has 1 aromatic carbocycles. The van der Waals surface area contributed by atoms with E-state index >= 15 is 0 Å². The van der Waals surface area contributed by atoms with Gasteiger partial charge in [0, 0.05) is 31.4 Å². The van der Waals surface area contributed by atoms with Crippen molar-refractivity contribution in [2.24, 2.45) is 0 Å². The van der Waals surface area contributed by atoms with Crippen LogP contribution in [0.15, 0.2) is 42.6 Å². The van der Waals surface area contributed by atoms with Crippen LogP contribution in [0.1, 0.15) is 63.7 Å². The molecular formula is C22H27N3O2. The van der Waals surface area contributed by atoms with Crippen molar-refractivity contribution in [1.29, 1.82) is 0 Å². The molecule has 0 saturated carbocycles. The summed E-state index contributed by atoms with van der Waals surface area (Å²) in [6.07, 6.45) is 7.97. The van der Waals surface area contributed by atoms with E-state index in [1.165, 1.54) is 17.7 Å². The highest BCUT2D eigenvalue weighted by Gasteiger charge is 2.20. The van der Waals surface area contributed by atoms with Crippen molar-refractivity contribution in [3.05, 3.63) is 65.0 Å². The number of nitrogens with zero attached hydrogens (tertiary/aromatic N) is 2. The fourth-order valence-electron chi connectivity index (χ4n) is 3.66. The van der Waals surface area contributed by atoms with Gasteiger partial charge < -0.3 is 10.2 Å². The van der Waals surface area contributed by atoms with Crippen LogP contribution in [0, 0.1) is 0 Å². The number of aryl methyl sites for hydroxylation is 1. The molecule has 5 nitrogen and oxygen atoms in total. The Bertz CT molecular complexity index is 791. The van der Waals surface area contributed by atoms with E-state index in [4.69, 9.17) is 0 Å². The van der Waals surface area contributed by atoms with Gasteiger partial charge in [-0.05, 0) is 56.3 Å². The lowest BCUT2D eigenvalue weighted by atomic mass is 9.92. The molecule has 0 saturated heterocycles. The molecule has 1 amide bonds. The minimum absolute atomic E-state index is 0.101. The maximum atomic E-state index is 12.5. The number of fused-ring (bicyclic) bond motifs is 1. The van der Waals surface area contributed by atoms with Crippen LogP contribution >= 0.6 is 0 Å². The third kappa shape index (κ3) is 4.80. The SMILES string of the molecule is CN(CCCCNC1CCCc2cccnc21)C(=O)c1ccccc1C=O. The maximum Gasteiger partial charge on any atom is 0.254 e. The number of rotatable bonds is 8. The highest BCUT2D eigenvalue weighted by molar-refractivity contribution is 6.01. The number of unbranched alkanes of at least 4 members (excludes halogenated alkanes) is 1. The molecule has 0 spiro atoms. The Labute approximate surface area is 160 Å². The molecule has 1 aromatic heterocycles. The number of hydrogen-bond acceptors (Lipinski definition) is 4. The van der Waals surface area contributed by atoms with Crippen molar-refractivity contribution in [2.75, 3.05) is 20.1 Å². The number of hydrogen-bond donors (Lipinski definition) is 1. The van der Waals surface area contributed by atoms with Crippen molar-refractivity contribution in [3.63, 3.8) is 0 Å². The molecule has 1 aliphatic rings. The zero-order valence-electron chi connectivity index (χ0n) is 15.9. The summed E-state index contributed by atoms with van der Waals surface area (Å²) in [6.45, 7) is 1.58. The number of aldehydes is 1. The summed E-state index contributed by atoms with van der Waals surface area (Å²) in [7, 11) is 1.79. The number of carbonyl (C=O) groups excluding carboxylic acids is 2. The van der Waals surface area contributed by atoms with Gasteiger partial charge in [-0.1, -0.05) is 24.3 Å². The first-order valence-corrected chi connectivity index (χ1v) is 9.67. The van der Waals surface area contributed by atoms with Crippen molar-refractivity contribution in [3.8, 4) is 0 Å². The molecule has 1 aliphatic carbocycles. The van der Waals surface area contributed by atoms with Crippen LogP contribution in [0.25, 0.3) is 0 Å². The first kappa shape index (κ1) is 19.2. The molecule has 3 rings (SSSR count). The van der Waals surface area contributed by atoms with Gasteiger partial charge in [0.15, 0.2) is 6.29 Å². The average Bonchev–Trinajstić information content (AvgIpc) is 2.72. The smallest absolute Gasteiger partial charge is 0.254 e. The van der Waals surface area contributed by atoms with Crippen LogP contribution in [0.5, 0.6) is 0 Å². The number of amides is 1. The predicted octanol–water partition coefficient (Wildman–Crippen LogP) is 3.41. The normalized spacial score (nSPS) is 15.8. The quantitative estimate of drug-likeness (QED) is 0.575.